The molecule has 2 fully saturated rings. The highest BCUT2D eigenvalue weighted by molar-refractivity contribution is 4.94. The molecule has 2 aliphatic heterocycles. The Morgan fingerprint density at radius 2 is 1.29 bits per heavy atom. The maximum absolute atomic E-state index is 5.72. The van der Waals surface area contributed by atoms with Crippen molar-refractivity contribution >= 4 is 0 Å². The van der Waals surface area contributed by atoms with Gasteiger partial charge in [0.15, 0.2) is 0 Å². The summed E-state index contributed by atoms with van der Waals surface area (Å²) >= 11 is 0. The van der Waals surface area contributed by atoms with Gasteiger partial charge in [-0.25, -0.2) is 0 Å². The normalized spacial score (nSPS) is 34.9. The molecule has 2 rings (SSSR count). The Labute approximate surface area is 106 Å². The second-order valence-electron chi connectivity index (χ2n) is 5.65. The lowest BCUT2D eigenvalue weighted by Gasteiger charge is -1.97. The van der Waals surface area contributed by atoms with Gasteiger partial charge in [-0.1, -0.05) is 52.4 Å². The molecule has 2 heteroatoms. The summed E-state index contributed by atoms with van der Waals surface area (Å²) in [5.41, 5.74) is 0. The second-order valence-corrected chi connectivity index (χ2v) is 5.65. The monoisotopic (exact) mass is 240 g/mol. The first kappa shape index (κ1) is 13.4. The maximum atomic E-state index is 5.72. The quantitative estimate of drug-likeness (QED) is 0.425. The van der Waals surface area contributed by atoms with Crippen molar-refractivity contribution in [3.05, 3.63) is 0 Å². The van der Waals surface area contributed by atoms with E-state index in [1.54, 1.807) is 0 Å². The smallest absolute Gasteiger partial charge is 0.0867 e. The molecule has 0 bridgehead atoms. The highest BCUT2D eigenvalue weighted by Gasteiger charge is 2.47. The fourth-order valence-electron chi connectivity index (χ4n) is 2.74. The van der Waals surface area contributed by atoms with E-state index in [0.29, 0.717) is 24.4 Å². The zero-order valence-electron chi connectivity index (χ0n) is 11.5. The zero-order chi connectivity index (χ0) is 12.1. The van der Waals surface area contributed by atoms with E-state index in [4.69, 9.17) is 9.47 Å². The Kier molecular flexibility index (Phi) is 5.30. The van der Waals surface area contributed by atoms with Crippen LogP contribution in [0.4, 0.5) is 0 Å². The minimum atomic E-state index is 0.532. The molecule has 0 aromatic heterocycles. The number of ether oxygens (including phenoxy) is 2. The summed E-state index contributed by atoms with van der Waals surface area (Å²) < 4.78 is 11.4. The molecule has 0 spiro atoms. The standard InChI is InChI=1S/C15H28O2/c1-3-5-6-7-8-10-13-15(17-13)11-14-12(16-14)9-4-2/h12-15H,3-11H2,1-2H3. The number of rotatable bonds is 10. The van der Waals surface area contributed by atoms with Gasteiger partial charge in [0.1, 0.15) is 0 Å². The van der Waals surface area contributed by atoms with E-state index in [1.807, 2.05) is 0 Å². The van der Waals surface area contributed by atoms with Gasteiger partial charge < -0.3 is 9.47 Å². The van der Waals surface area contributed by atoms with Crippen LogP contribution in [-0.4, -0.2) is 24.4 Å². The Morgan fingerprint density at radius 1 is 0.647 bits per heavy atom. The van der Waals surface area contributed by atoms with Crippen molar-refractivity contribution in [1.29, 1.82) is 0 Å². The van der Waals surface area contributed by atoms with Crippen molar-refractivity contribution in [3.8, 4) is 0 Å². The van der Waals surface area contributed by atoms with Crippen LogP contribution in [0.2, 0.25) is 0 Å². The van der Waals surface area contributed by atoms with E-state index in [-0.39, 0.29) is 0 Å². The number of epoxide rings is 2. The third-order valence-electron chi connectivity index (χ3n) is 4.01. The van der Waals surface area contributed by atoms with E-state index in [1.165, 1.54) is 51.4 Å². The fraction of sp³-hybridized carbons (Fsp3) is 1.00. The van der Waals surface area contributed by atoms with Crippen LogP contribution >= 0.6 is 0 Å². The molecule has 2 saturated heterocycles. The Hall–Kier alpha value is -0.0800. The summed E-state index contributed by atoms with van der Waals surface area (Å²) in [5.74, 6) is 0. The van der Waals surface area contributed by atoms with Crippen molar-refractivity contribution in [2.24, 2.45) is 0 Å². The van der Waals surface area contributed by atoms with Crippen LogP contribution in [0.15, 0.2) is 0 Å². The fourth-order valence-corrected chi connectivity index (χ4v) is 2.74. The molecule has 0 saturated carbocycles. The molecule has 0 N–H and O–H groups in total. The van der Waals surface area contributed by atoms with Crippen LogP contribution in [0.5, 0.6) is 0 Å². The van der Waals surface area contributed by atoms with Gasteiger partial charge in [-0.2, -0.15) is 0 Å². The number of hydrogen-bond acceptors (Lipinski definition) is 2. The molecular weight excluding hydrogens is 212 g/mol. The average Bonchev–Trinajstić information content (AvgIpc) is 3.21. The van der Waals surface area contributed by atoms with Crippen molar-refractivity contribution in [1.82, 2.24) is 0 Å². The molecule has 0 aromatic rings. The van der Waals surface area contributed by atoms with Gasteiger partial charge >= 0.3 is 0 Å². The lowest BCUT2D eigenvalue weighted by molar-refractivity contribution is 0.318. The molecule has 0 radical (unpaired) electrons. The third-order valence-corrected chi connectivity index (χ3v) is 4.01. The van der Waals surface area contributed by atoms with Crippen LogP contribution in [0.1, 0.15) is 71.6 Å². The molecule has 100 valence electrons. The minimum Gasteiger partial charge on any atom is -0.369 e. The summed E-state index contributed by atoms with van der Waals surface area (Å²) in [6, 6.07) is 0. The van der Waals surface area contributed by atoms with E-state index in [0.717, 1.165) is 6.42 Å². The van der Waals surface area contributed by atoms with Crippen molar-refractivity contribution in [2.75, 3.05) is 0 Å². The SMILES string of the molecule is CCCCCCCC1OC1CC1OC1CCC. The summed E-state index contributed by atoms with van der Waals surface area (Å²) in [4.78, 5) is 0. The summed E-state index contributed by atoms with van der Waals surface area (Å²) in [6.07, 6.45) is 14.0. The lowest BCUT2D eigenvalue weighted by Crippen LogP contribution is -2.01. The summed E-state index contributed by atoms with van der Waals surface area (Å²) in [6.45, 7) is 4.49. The van der Waals surface area contributed by atoms with E-state index in [9.17, 15) is 0 Å². The van der Waals surface area contributed by atoms with Gasteiger partial charge in [-0.15, -0.1) is 0 Å². The Bertz CT molecular complexity index is 217. The van der Waals surface area contributed by atoms with Gasteiger partial charge in [-0.05, 0) is 12.8 Å². The molecule has 4 unspecified atom stereocenters. The van der Waals surface area contributed by atoms with Crippen molar-refractivity contribution in [2.45, 2.75) is 96.1 Å². The molecule has 17 heavy (non-hydrogen) atoms. The largest absolute Gasteiger partial charge is 0.369 e. The topological polar surface area (TPSA) is 25.1 Å². The molecule has 4 atom stereocenters. The molecular formula is C15H28O2. The summed E-state index contributed by atoms with van der Waals surface area (Å²) in [7, 11) is 0. The highest BCUT2D eigenvalue weighted by atomic mass is 16.6. The molecule has 2 aliphatic rings. The predicted molar refractivity (Wildman–Crippen MR) is 70.2 cm³/mol. The third kappa shape index (κ3) is 4.59. The lowest BCUT2D eigenvalue weighted by atomic mass is 10.1. The predicted octanol–water partition coefficient (Wildman–Crippen LogP) is 4.07. The summed E-state index contributed by atoms with van der Waals surface area (Å²) in [5, 5.41) is 0. The van der Waals surface area contributed by atoms with E-state index < -0.39 is 0 Å². The van der Waals surface area contributed by atoms with Crippen LogP contribution in [-0.2, 0) is 9.47 Å². The van der Waals surface area contributed by atoms with Gasteiger partial charge in [0.25, 0.3) is 0 Å². The molecule has 0 aromatic carbocycles. The van der Waals surface area contributed by atoms with Crippen molar-refractivity contribution in [3.63, 3.8) is 0 Å². The first-order valence-corrected chi connectivity index (χ1v) is 7.66. The van der Waals surface area contributed by atoms with Crippen LogP contribution in [0, 0.1) is 0 Å². The Balaban J connectivity index is 1.42. The first-order chi connectivity index (χ1) is 8.35. The minimum absolute atomic E-state index is 0.532. The van der Waals surface area contributed by atoms with Crippen LogP contribution in [0.25, 0.3) is 0 Å². The molecule has 0 amide bonds. The van der Waals surface area contributed by atoms with E-state index in [2.05, 4.69) is 13.8 Å². The number of unbranched alkanes of at least 4 members (excludes halogenated alkanes) is 4. The zero-order valence-corrected chi connectivity index (χ0v) is 11.5. The average molecular weight is 240 g/mol. The van der Waals surface area contributed by atoms with Gasteiger partial charge in [0.05, 0.1) is 24.4 Å². The Morgan fingerprint density at radius 3 is 1.94 bits per heavy atom. The molecule has 0 aliphatic carbocycles. The van der Waals surface area contributed by atoms with Gasteiger partial charge in [0, 0.05) is 6.42 Å². The van der Waals surface area contributed by atoms with Gasteiger partial charge in [-0.3, -0.25) is 0 Å². The van der Waals surface area contributed by atoms with Gasteiger partial charge in [0.2, 0.25) is 0 Å². The first-order valence-electron chi connectivity index (χ1n) is 7.66. The van der Waals surface area contributed by atoms with Crippen molar-refractivity contribution < 1.29 is 9.47 Å². The second kappa shape index (κ2) is 6.75. The molecule has 2 heterocycles. The number of hydrogen-bond donors (Lipinski definition) is 0. The highest BCUT2D eigenvalue weighted by Crippen LogP contribution is 2.38. The maximum Gasteiger partial charge on any atom is 0.0867 e. The van der Waals surface area contributed by atoms with E-state index >= 15 is 0 Å². The van der Waals surface area contributed by atoms with Crippen LogP contribution < -0.4 is 0 Å². The molecule has 2 nitrogen and oxygen atoms in total. The van der Waals surface area contributed by atoms with Crippen LogP contribution in [0.3, 0.4) is 0 Å².